The fraction of sp³-hybridized carbons (Fsp3) is 0.312. The normalized spacial score (nSPS) is 18.0. The van der Waals surface area contributed by atoms with Gasteiger partial charge < -0.3 is 10.1 Å². The van der Waals surface area contributed by atoms with E-state index in [0.717, 1.165) is 0 Å². The molecule has 0 bridgehead atoms. The first-order chi connectivity index (χ1) is 12.9. The molecule has 3 rings (SSSR count). The maximum absolute atomic E-state index is 12.5. The number of nitrogens with zero attached hydrogens (tertiary/aromatic N) is 2. The first-order valence-electron chi connectivity index (χ1n) is 7.87. The van der Waals surface area contributed by atoms with E-state index < -0.39 is 10.9 Å². The SMILES string of the molecule is CNC(=O)CSC1=C(C(=O)OCc2ccc([N+](=O)[O-])cc2)N2C(=O)C[C@H]2S1. The molecule has 1 N–H and O–H groups in total. The fourth-order valence-corrected chi connectivity index (χ4v) is 5.05. The number of fused-ring (bicyclic) bond motifs is 1. The third-order valence-corrected chi connectivity index (χ3v) is 6.47. The maximum atomic E-state index is 12.5. The molecule has 1 aromatic carbocycles. The van der Waals surface area contributed by atoms with Crippen LogP contribution in [0.15, 0.2) is 34.2 Å². The van der Waals surface area contributed by atoms with Crippen LogP contribution in [0, 0.1) is 10.1 Å². The lowest BCUT2D eigenvalue weighted by Gasteiger charge is -2.34. The van der Waals surface area contributed by atoms with Gasteiger partial charge in [-0.25, -0.2) is 4.79 Å². The van der Waals surface area contributed by atoms with Crippen LogP contribution in [0.25, 0.3) is 0 Å². The molecule has 11 heteroatoms. The molecule has 1 atom stereocenters. The molecule has 0 aromatic heterocycles. The van der Waals surface area contributed by atoms with E-state index >= 15 is 0 Å². The lowest BCUT2D eigenvalue weighted by molar-refractivity contribution is -0.384. The van der Waals surface area contributed by atoms with Crippen LogP contribution in [-0.4, -0.2) is 45.8 Å². The Morgan fingerprint density at radius 2 is 2.11 bits per heavy atom. The highest BCUT2D eigenvalue weighted by Crippen LogP contribution is 2.50. The molecular weight excluding hydrogens is 394 g/mol. The van der Waals surface area contributed by atoms with Crippen molar-refractivity contribution in [1.29, 1.82) is 0 Å². The summed E-state index contributed by atoms with van der Waals surface area (Å²) in [5.74, 6) is -0.874. The summed E-state index contributed by atoms with van der Waals surface area (Å²) in [5, 5.41) is 13.0. The Morgan fingerprint density at radius 3 is 2.70 bits per heavy atom. The quantitative estimate of drug-likeness (QED) is 0.312. The van der Waals surface area contributed by atoms with Gasteiger partial charge in [-0.05, 0) is 17.7 Å². The van der Waals surface area contributed by atoms with Crippen molar-refractivity contribution in [3.63, 3.8) is 0 Å². The summed E-state index contributed by atoms with van der Waals surface area (Å²) < 4.78 is 5.88. The number of ether oxygens (including phenoxy) is 1. The molecule has 1 aromatic rings. The Morgan fingerprint density at radius 1 is 1.41 bits per heavy atom. The van der Waals surface area contributed by atoms with Crippen molar-refractivity contribution in [2.45, 2.75) is 18.4 Å². The van der Waals surface area contributed by atoms with E-state index in [9.17, 15) is 24.5 Å². The Labute approximate surface area is 162 Å². The minimum Gasteiger partial charge on any atom is -0.456 e. The summed E-state index contributed by atoms with van der Waals surface area (Å²) in [6.07, 6.45) is 0.341. The zero-order valence-electron chi connectivity index (χ0n) is 14.2. The van der Waals surface area contributed by atoms with Crippen LogP contribution < -0.4 is 5.32 Å². The van der Waals surface area contributed by atoms with Crippen molar-refractivity contribution in [2.24, 2.45) is 0 Å². The number of rotatable bonds is 7. The first kappa shape index (κ1) is 19.2. The number of non-ortho nitro benzene ring substituents is 1. The minimum atomic E-state index is -0.657. The summed E-state index contributed by atoms with van der Waals surface area (Å²) in [6, 6.07) is 5.66. The van der Waals surface area contributed by atoms with E-state index in [2.05, 4.69) is 5.32 Å². The summed E-state index contributed by atoms with van der Waals surface area (Å²) in [7, 11) is 1.52. The largest absolute Gasteiger partial charge is 0.456 e. The van der Waals surface area contributed by atoms with E-state index in [1.807, 2.05) is 0 Å². The van der Waals surface area contributed by atoms with E-state index in [0.29, 0.717) is 16.2 Å². The van der Waals surface area contributed by atoms with Crippen molar-refractivity contribution >= 4 is 47.0 Å². The van der Waals surface area contributed by atoms with E-state index in [1.165, 1.54) is 59.7 Å². The van der Waals surface area contributed by atoms with Gasteiger partial charge in [0.1, 0.15) is 6.61 Å². The van der Waals surface area contributed by atoms with Crippen molar-refractivity contribution in [2.75, 3.05) is 12.8 Å². The van der Waals surface area contributed by atoms with Crippen molar-refractivity contribution in [3.8, 4) is 0 Å². The van der Waals surface area contributed by atoms with Crippen molar-refractivity contribution < 1.29 is 24.0 Å². The minimum absolute atomic E-state index is 0.0538. The van der Waals surface area contributed by atoms with Crippen LogP contribution in [0.1, 0.15) is 12.0 Å². The monoisotopic (exact) mass is 409 g/mol. The predicted octanol–water partition coefficient (Wildman–Crippen LogP) is 1.59. The number of hydrogen-bond donors (Lipinski definition) is 1. The van der Waals surface area contributed by atoms with E-state index in [-0.39, 0.29) is 40.9 Å². The van der Waals surface area contributed by atoms with Gasteiger partial charge in [0.15, 0.2) is 5.70 Å². The third kappa shape index (κ3) is 4.08. The molecule has 142 valence electrons. The number of carbonyl (C=O) groups is 3. The zero-order chi connectivity index (χ0) is 19.6. The van der Waals surface area contributed by atoms with Crippen molar-refractivity contribution in [1.82, 2.24) is 10.2 Å². The fourth-order valence-electron chi connectivity index (χ4n) is 2.45. The van der Waals surface area contributed by atoms with Gasteiger partial charge in [-0.15, -0.1) is 11.8 Å². The second kappa shape index (κ2) is 8.01. The van der Waals surface area contributed by atoms with Crippen molar-refractivity contribution in [3.05, 3.63) is 49.9 Å². The molecule has 0 saturated carbocycles. The number of carbonyl (C=O) groups excluding carboxylic acids is 3. The molecule has 0 radical (unpaired) electrons. The molecule has 2 aliphatic rings. The zero-order valence-corrected chi connectivity index (χ0v) is 15.8. The molecule has 2 aliphatic heterocycles. The van der Waals surface area contributed by atoms with Gasteiger partial charge in [0.05, 0.1) is 26.7 Å². The van der Waals surface area contributed by atoms with Gasteiger partial charge in [0, 0.05) is 19.2 Å². The van der Waals surface area contributed by atoms with Crippen LogP contribution >= 0.6 is 23.5 Å². The summed E-state index contributed by atoms with van der Waals surface area (Å²) >= 11 is 2.56. The molecule has 27 heavy (non-hydrogen) atoms. The third-order valence-electron chi connectivity index (χ3n) is 3.91. The number of benzene rings is 1. The second-order valence-corrected chi connectivity index (χ2v) is 8.07. The molecule has 0 spiro atoms. The molecule has 1 fully saturated rings. The number of nitrogens with one attached hydrogen (secondary N) is 1. The molecule has 9 nitrogen and oxygen atoms in total. The second-order valence-electron chi connectivity index (χ2n) is 5.64. The van der Waals surface area contributed by atoms with Gasteiger partial charge in [-0.3, -0.25) is 24.6 Å². The lowest BCUT2D eigenvalue weighted by Crippen LogP contribution is -2.48. The number of esters is 1. The molecule has 2 heterocycles. The number of β-lactam (4-membered cyclic amide) rings is 1. The number of nitro groups is 1. The van der Waals surface area contributed by atoms with Gasteiger partial charge in [-0.1, -0.05) is 11.8 Å². The Balaban J connectivity index is 1.68. The Kier molecular flexibility index (Phi) is 5.71. The highest BCUT2D eigenvalue weighted by molar-refractivity contribution is 8.23. The number of thioether (sulfide) groups is 2. The average Bonchev–Trinajstić information content (AvgIpc) is 2.96. The van der Waals surface area contributed by atoms with Crippen LogP contribution in [0.2, 0.25) is 0 Å². The van der Waals surface area contributed by atoms with Gasteiger partial charge in [-0.2, -0.15) is 0 Å². The topological polar surface area (TPSA) is 119 Å². The number of nitro benzene ring substituents is 1. The van der Waals surface area contributed by atoms with E-state index in [1.54, 1.807) is 0 Å². The Bertz CT molecular complexity index is 839. The predicted molar refractivity (Wildman–Crippen MR) is 99.3 cm³/mol. The maximum Gasteiger partial charge on any atom is 0.357 e. The van der Waals surface area contributed by atoms with Crippen LogP contribution in [0.5, 0.6) is 0 Å². The molecular formula is C16H15N3O6S2. The molecule has 1 saturated heterocycles. The van der Waals surface area contributed by atoms with Crippen LogP contribution in [-0.2, 0) is 25.7 Å². The van der Waals surface area contributed by atoms with Gasteiger partial charge in [0.25, 0.3) is 5.69 Å². The smallest absolute Gasteiger partial charge is 0.357 e. The Hall–Kier alpha value is -2.53. The number of amides is 2. The molecule has 0 aliphatic carbocycles. The summed E-state index contributed by atoms with van der Waals surface area (Å²) in [5.41, 5.74) is 0.699. The van der Waals surface area contributed by atoms with Crippen LogP contribution in [0.4, 0.5) is 5.69 Å². The lowest BCUT2D eigenvalue weighted by atomic mass is 10.2. The van der Waals surface area contributed by atoms with Crippen LogP contribution in [0.3, 0.4) is 0 Å². The molecule has 2 amide bonds. The summed E-state index contributed by atoms with van der Waals surface area (Å²) in [4.78, 5) is 47.4. The van der Waals surface area contributed by atoms with E-state index in [4.69, 9.17) is 4.74 Å². The average molecular weight is 409 g/mol. The highest BCUT2D eigenvalue weighted by Gasteiger charge is 2.49. The highest BCUT2D eigenvalue weighted by atomic mass is 32.2. The van der Waals surface area contributed by atoms with Gasteiger partial charge in [0.2, 0.25) is 11.8 Å². The standard InChI is InChI=1S/C16H15N3O6S2/c1-17-11(20)8-26-16-14(18-12(21)6-13(18)27-16)15(22)25-7-9-2-4-10(5-3-9)19(23)24/h2-5,13H,6-8H2,1H3,(H,17,20)/t13-/m1/s1. The summed E-state index contributed by atoms with van der Waals surface area (Å²) in [6.45, 7) is -0.0783. The first-order valence-corrected chi connectivity index (χ1v) is 9.74. The number of hydrogen-bond acceptors (Lipinski definition) is 8. The van der Waals surface area contributed by atoms with Gasteiger partial charge >= 0.3 is 5.97 Å². The molecule has 0 unspecified atom stereocenters.